The average molecular weight is 418 g/mol. The second-order valence-corrected chi connectivity index (χ2v) is 7.40. The average Bonchev–Trinajstić information content (AvgIpc) is 2.68. The molecule has 0 radical (unpaired) electrons. The van der Waals surface area contributed by atoms with Crippen LogP contribution in [-0.4, -0.2) is 32.4 Å². The molecule has 7 heteroatoms. The van der Waals surface area contributed by atoms with E-state index in [1.165, 1.54) is 25.1 Å². The van der Waals surface area contributed by atoms with E-state index >= 15 is 0 Å². The van der Waals surface area contributed by atoms with Crippen molar-refractivity contribution in [3.63, 3.8) is 0 Å². The van der Waals surface area contributed by atoms with Gasteiger partial charge in [-0.1, -0.05) is 35.9 Å². The van der Waals surface area contributed by atoms with Gasteiger partial charge in [0.25, 0.3) is 0 Å². The molecule has 0 heterocycles. The Labute approximate surface area is 175 Å². The molecule has 5 nitrogen and oxygen atoms in total. The first kappa shape index (κ1) is 21.7. The van der Waals surface area contributed by atoms with E-state index in [-0.39, 0.29) is 0 Å². The van der Waals surface area contributed by atoms with Gasteiger partial charge < -0.3 is 19.7 Å². The number of halogens is 1. The van der Waals surface area contributed by atoms with E-state index < -0.39 is 0 Å². The Morgan fingerprint density at radius 2 is 1.89 bits per heavy atom. The lowest BCUT2D eigenvalue weighted by Crippen LogP contribution is -2.26. The van der Waals surface area contributed by atoms with Crippen LogP contribution in [0.2, 0.25) is 5.02 Å². The largest absolute Gasteiger partial charge is 0.494 e. The number of benzene rings is 2. The molecule has 148 valence electrons. The van der Waals surface area contributed by atoms with Gasteiger partial charge in [-0.15, -0.1) is 0 Å². The van der Waals surface area contributed by atoms with E-state index in [0.717, 1.165) is 16.1 Å². The summed E-state index contributed by atoms with van der Waals surface area (Å²) in [5, 5.41) is 3.95. The van der Waals surface area contributed by atoms with Gasteiger partial charge in [0.05, 0.1) is 17.8 Å². The van der Waals surface area contributed by atoms with Crippen LogP contribution < -0.4 is 10.0 Å². The molecule has 28 heavy (non-hydrogen) atoms. The Hall–Kier alpha value is -2.57. The second kappa shape index (κ2) is 10.7. The van der Waals surface area contributed by atoms with Crippen molar-refractivity contribution >= 4 is 35.5 Å². The number of rotatable bonds is 9. The predicted molar refractivity (Wildman–Crippen MR) is 117 cm³/mol. The van der Waals surface area contributed by atoms with Crippen molar-refractivity contribution in [2.24, 2.45) is 0 Å². The fraction of sp³-hybridized carbons (Fsp3) is 0.190. The summed E-state index contributed by atoms with van der Waals surface area (Å²) in [5.41, 5.74) is 2.44. The summed E-state index contributed by atoms with van der Waals surface area (Å²) < 4.78 is 8.76. The molecule has 2 N–H and O–H groups in total. The van der Waals surface area contributed by atoms with Crippen molar-refractivity contribution in [1.29, 1.82) is 0 Å². The summed E-state index contributed by atoms with van der Waals surface area (Å²) in [5.74, 6) is 1.10. The quantitative estimate of drug-likeness (QED) is 0.200. The molecule has 0 fully saturated rings. The number of aryl methyl sites for hydroxylation is 1. The van der Waals surface area contributed by atoms with Crippen LogP contribution in [0.3, 0.4) is 0 Å². The highest BCUT2D eigenvalue weighted by Crippen LogP contribution is 2.27. The fourth-order valence-corrected chi connectivity index (χ4v) is 3.37. The number of nitrogens with one attached hydrogen (secondary N) is 2. The van der Waals surface area contributed by atoms with E-state index in [1.807, 2.05) is 74.4 Å². The maximum absolute atomic E-state index is 11.1. The first-order valence-corrected chi connectivity index (χ1v) is 9.78. The fourth-order valence-electron chi connectivity index (χ4n) is 2.38. The highest BCUT2D eigenvalue weighted by molar-refractivity contribution is 7.97. The molecule has 2 aromatic rings. The van der Waals surface area contributed by atoms with Gasteiger partial charge in [-0.2, -0.15) is 0 Å². The van der Waals surface area contributed by atoms with Crippen molar-refractivity contribution < 1.29 is 9.53 Å². The second-order valence-electron chi connectivity index (χ2n) is 6.11. The molecule has 0 atom stereocenters. The molecule has 0 saturated carbocycles. The predicted octanol–water partition coefficient (Wildman–Crippen LogP) is 4.82. The zero-order valence-corrected chi connectivity index (χ0v) is 17.9. The third-order valence-electron chi connectivity index (χ3n) is 3.76. The highest BCUT2D eigenvalue weighted by atomic mass is 35.5. The monoisotopic (exact) mass is 417 g/mol. The van der Waals surface area contributed by atoms with Crippen LogP contribution >= 0.6 is 23.5 Å². The maximum Gasteiger partial charge on any atom is 0.149 e. The maximum atomic E-state index is 11.1. The number of hydrogen-bond donors (Lipinski definition) is 2. The summed E-state index contributed by atoms with van der Waals surface area (Å²) >= 11 is 7.82. The Balaban J connectivity index is 2.46. The van der Waals surface area contributed by atoms with Gasteiger partial charge in [-0.05, 0) is 48.7 Å². The molecule has 0 aliphatic rings. The molecule has 0 amide bonds. The minimum atomic E-state index is 0.401. The van der Waals surface area contributed by atoms with Gasteiger partial charge in [0.15, 0.2) is 0 Å². The van der Waals surface area contributed by atoms with E-state index in [9.17, 15) is 4.79 Å². The number of methoxy groups -OCH3 is 1. The molecule has 0 aromatic heterocycles. The lowest BCUT2D eigenvalue weighted by molar-refractivity contribution is -0.104. The van der Waals surface area contributed by atoms with E-state index in [4.69, 9.17) is 16.3 Å². The number of hydrogen-bond acceptors (Lipinski definition) is 6. The lowest BCUT2D eigenvalue weighted by atomic mass is 10.2. The molecular weight excluding hydrogens is 394 g/mol. The Kier molecular flexibility index (Phi) is 8.29. The van der Waals surface area contributed by atoms with E-state index in [1.54, 1.807) is 0 Å². The molecule has 0 unspecified atom stereocenters. The van der Waals surface area contributed by atoms with Crippen molar-refractivity contribution in [2.45, 2.75) is 11.8 Å². The number of carbonyl (C=O) groups is 1. The van der Waals surface area contributed by atoms with Gasteiger partial charge in [-0.3, -0.25) is 4.79 Å². The lowest BCUT2D eigenvalue weighted by Gasteiger charge is -2.25. The van der Waals surface area contributed by atoms with Crippen LogP contribution in [0.4, 0.5) is 5.69 Å². The van der Waals surface area contributed by atoms with Gasteiger partial charge in [-0.25, -0.2) is 0 Å². The van der Waals surface area contributed by atoms with Crippen molar-refractivity contribution in [3.8, 4) is 0 Å². The van der Waals surface area contributed by atoms with Crippen molar-refractivity contribution in [2.75, 3.05) is 26.5 Å². The third kappa shape index (κ3) is 5.97. The number of anilines is 1. The summed E-state index contributed by atoms with van der Waals surface area (Å²) in [6.45, 7) is 1.98. The molecule has 2 rings (SSSR count). The Bertz CT molecular complexity index is 867. The summed E-state index contributed by atoms with van der Waals surface area (Å²) in [6.07, 6.45) is 2.07. The van der Waals surface area contributed by atoms with Gasteiger partial charge in [0.1, 0.15) is 23.6 Å². The number of nitrogens with zero attached hydrogens (tertiary/aromatic N) is 1. The van der Waals surface area contributed by atoms with Crippen LogP contribution in [0.25, 0.3) is 0 Å². The van der Waals surface area contributed by atoms with Crippen LogP contribution in [0.15, 0.2) is 76.8 Å². The van der Waals surface area contributed by atoms with E-state index in [2.05, 4.69) is 10.0 Å². The zero-order valence-electron chi connectivity index (χ0n) is 16.3. The highest BCUT2D eigenvalue weighted by Gasteiger charge is 2.17. The van der Waals surface area contributed by atoms with Crippen LogP contribution in [-0.2, 0) is 9.53 Å². The minimum Gasteiger partial charge on any atom is -0.494 e. The number of carbonyl (C=O) groups excluding carboxylic acids is 1. The minimum absolute atomic E-state index is 0.401. The van der Waals surface area contributed by atoms with Gasteiger partial charge in [0, 0.05) is 25.1 Å². The molecule has 0 spiro atoms. The number of allylic oxidation sites excluding steroid dienone is 1. The van der Waals surface area contributed by atoms with Crippen molar-refractivity contribution in [3.05, 3.63) is 82.5 Å². The van der Waals surface area contributed by atoms with Crippen molar-refractivity contribution in [1.82, 2.24) is 9.62 Å². The Morgan fingerprint density at radius 3 is 2.46 bits per heavy atom. The summed E-state index contributed by atoms with van der Waals surface area (Å²) in [7, 11) is 5.32. The zero-order chi connectivity index (χ0) is 20.5. The van der Waals surface area contributed by atoms with Crippen LogP contribution in [0.5, 0.6) is 0 Å². The van der Waals surface area contributed by atoms with Crippen LogP contribution in [0, 0.1) is 6.92 Å². The van der Waals surface area contributed by atoms with Gasteiger partial charge >= 0.3 is 0 Å². The van der Waals surface area contributed by atoms with Crippen LogP contribution in [0.1, 0.15) is 5.56 Å². The normalized spacial score (nSPS) is 12.1. The first-order chi connectivity index (χ1) is 13.5. The number of ether oxygens (including phenoxy) is 1. The topological polar surface area (TPSA) is 53.6 Å². The summed E-state index contributed by atoms with van der Waals surface area (Å²) in [4.78, 5) is 14.0. The van der Waals surface area contributed by atoms with Gasteiger partial charge in [0.2, 0.25) is 0 Å². The third-order valence-corrected chi connectivity index (χ3v) is 4.89. The first-order valence-electron chi connectivity index (χ1n) is 8.58. The molecule has 0 aliphatic heterocycles. The molecule has 0 saturated heterocycles. The summed E-state index contributed by atoms with van der Waals surface area (Å²) in [6, 6.07) is 15.6. The molecule has 2 aromatic carbocycles. The van der Waals surface area contributed by atoms with E-state index in [0.29, 0.717) is 28.6 Å². The smallest absolute Gasteiger partial charge is 0.149 e. The standard InChI is InChI=1S/C21H24ClN3O2S/c1-15-10-11-18(17(22)14-15)23-21(25(2)3)20(19(27-4)12-13-26)24-28-16-8-6-5-7-9-16/h5-14,23-24H,1-4H3/b19-12+,21-20+. The SMILES string of the molecule is COC(=C/C=O)/C(NSc1ccccc1)=C(/Nc1ccc(C)cc1Cl)N(C)C. The molecular formula is C21H24ClN3O2S. The molecule has 0 bridgehead atoms. The number of aldehydes is 1. The Morgan fingerprint density at radius 1 is 1.18 bits per heavy atom. The molecule has 0 aliphatic carbocycles.